The van der Waals surface area contributed by atoms with Crippen molar-refractivity contribution in [2.45, 2.75) is 45.3 Å². The van der Waals surface area contributed by atoms with Gasteiger partial charge in [-0.25, -0.2) is 8.42 Å². The molecule has 1 N–H and O–H groups in total. The molecular weight excluding hydrogens is 258 g/mol. The van der Waals surface area contributed by atoms with Gasteiger partial charge < -0.3 is 5.32 Å². The third-order valence-corrected chi connectivity index (χ3v) is 5.36. The topological polar surface area (TPSA) is 46.2 Å². The molecule has 0 aliphatic carbocycles. The number of hydrogen-bond donors (Lipinski definition) is 1. The summed E-state index contributed by atoms with van der Waals surface area (Å²) in [5.74, 6) is 1.47. The van der Waals surface area contributed by atoms with E-state index in [-0.39, 0.29) is 11.0 Å². The Morgan fingerprint density at radius 2 is 1.88 bits per heavy atom. The minimum Gasteiger partial charge on any atom is -0.315 e. The number of halogens is 1. The number of hydrogen-bond acceptors (Lipinski definition) is 3. The highest BCUT2D eigenvalue weighted by Crippen LogP contribution is 2.10. The summed E-state index contributed by atoms with van der Waals surface area (Å²) in [6.45, 7) is 7.02. The Kier molecular flexibility index (Phi) is 9.28. The van der Waals surface area contributed by atoms with Crippen LogP contribution in [0.4, 0.5) is 0 Å². The van der Waals surface area contributed by atoms with Crippen molar-refractivity contribution < 1.29 is 8.42 Å². The predicted molar refractivity (Wildman–Crippen MR) is 75.5 cm³/mol. The van der Waals surface area contributed by atoms with Gasteiger partial charge in [0, 0.05) is 12.4 Å². The van der Waals surface area contributed by atoms with Crippen LogP contribution in [0.5, 0.6) is 0 Å². The molecule has 0 heterocycles. The molecule has 17 heavy (non-hydrogen) atoms. The van der Waals surface area contributed by atoms with Crippen LogP contribution in [0.15, 0.2) is 0 Å². The largest absolute Gasteiger partial charge is 0.315 e. The lowest BCUT2D eigenvalue weighted by atomic mass is 10.0. The second-order valence-electron chi connectivity index (χ2n) is 4.75. The van der Waals surface area contributed by atoms with Crippen LogP contribution in [0, 0.1) is 5.92 Å². The van der Waals surface area contributed by atoms with Gasteiger partial charge in [-0.2, -0.15) is 0 Å². The fraction of sp³-hybridized carbons (Fsp3) is 1.00. The summed E-state index contributed by atoms with van der Waals surface area (Å²) in [5.41, 5.74) is 0. The van der Waals surface area contributed by atoms with E-state index in [1.54, 1.807) is 13.8 Å². The van der Waals surface area contributed by atoms with E-state index in [4.69, 9.17) is 11.6 Å². The Bertz CT molecular complexity index is 272. The van der Waals surface area contributed by atoms with Crippen LogP contribution < -0.4 is 5.32 Å². The van der Waals surface area contributed by atoms with Crippen LogP contribution in [0.2, 0.25) is 0 Å². The predicted octanol–water partition coefficient (Wildman–Crippen LogP) is 2.44. The van der Waals surface area contributed by atoms with Crippen LogP contribution in [0.25, 0.3) is 0 Å². The lowest BCUT2D eigenvalue weighted by Gasteiger charge is -2.16. The first-order valence-corrected chi connectivity index (χ1v) is 8.67. The summed E-state index contributed by atoms with van der Waals surface area (Å²) >= 11 is 5.74. The maximum Gasteiger partial charge on any atom is 0.153 e. The van der Waals surface area contributed by atoms with E-state index in [1.165, 1.54) is 0 Å². The summed E-state index contributed by atoms with van der Waals surface area (Å²) in [5, 5.41) is 2.95. The second-order valence-corrected chi connectivity index (χ2v) is 7.81. The van der Waals surface area contributed by atoms with Gasteiger partial charge in [-0.1, -0.05) is 13.3 Å². The highest BCUT2D eigenvalue weighted by atomic mass is 35.5. The lowest BCUT2D eigenvalue weighted by molar-refractivity contribution is 0.436. The molecule has 0 rings (SSSR count). The molecule has 3 nitrogen and oxygen atoms in total. The Morgan fingerprint density at radius 3 is 2.35 bits per heavy atom. The highest BCUT2D eigenvalue weighted by Gasteiger charge is 2.15. The molecule has 0 aliphatic heterocycles. The molecule has 0 aliphatic rings. The summed E-state index contributed by atoms with van der Waals surface area (Å²) < 4.78 is 23.1. The van der Waals surface area contributed by atoms with Gasteiger partial charge in [0.1, 0.15) is 0 Å². The molecule has 0 saturated carbocycles. The van der Waals surface area contributed by atoms with Crippen molar-refractivity contribution in [3.63, 3.8) is 0 Å². The molecular formula is C12H26ClNO2S. The Labute approximate surface area is 111 Å². The standard InChI is InChI=1S/C12H26ClNO2S/c1-4-5-12(6-7-13)10-14-8-9-17(15,16)11(2)3/h11-12,14H,4-10H2,1-3H3. The van der Waals surface area contributed by atoms with E-state index in [9.17, 15) is 8.42 Å². The third kappa shape index (κ3) is 8.01. The van der Waals surface area contributed by atoms with Crippen molar-refractivity contribution in [3.05, 3.63) is 0 Å². The summed E-state index contributed by atoms with van der Waals surface area (Å²) in [4.78, 5) is 0. The average molecular weight is 284 g/mol. The zero-order chi connectivity index (χ0) is 13.3. The molecule has 0 saturated heterocycles. The monoisotopic (exact) mass is 283 g/mol. The molecule has 0 radical (unpaired) electrons. The van der Waals surface area contributed by atoms with E-state index < -0.39 is 9.84 Å². The fourth-order valence-electron chi connectivity index (χ4n) is 1.67. The minimum atomic E-state index is -2.91. The number of alkyl halides is 1. The third-order valence-electron chi connectivity index (χ3n) is 2.93. The van der Waals surface area contributed by atoms with Crippen LogP contribution in [0.3, 0.4) is 0 Å². The van der Waals surface area contributed by atoms with Gasteiger partial charge in [0.15, 0.2) is 9.84 Å². The normalized spacial score (nSPS) is 14.2. The first kappa shape index (κ1) is 17.2. The molecule has 0 bridgehead atoms. The number of sulfone groups is 1. The molecule has 0 amide bonds. The van der Waals surface area contributed by atoms with Crippen LogP contribution in [-0.4, -0.2) is 38.4 Å². The molecule has 0 aromatic rings. The van der Waals surface area contributed by atoms with Crippen molar-refractivity contribution in [2.24, 2.45) is 5.92 Å². The SMILES string of the molecule is CCCC(CCCl)CNCCS(=O)(=O)C(C)C. The fourth-order valence-corrected chi connectivity index (χ4v) is 2.88. The van der Waals surface area contributed by atoms with Gasteiger partial charge >= 0.3 is 0 Å². The average Bonchev–Trinajstić information content (AvgIpc) is 2.24. The Balaban J connectivity index is 3.82. The van der Waals surface area contributed by atoms with Crippen molar-refractivity contribution in [1.82, 2.24) is 5.32 Å². The minimum absolute atomic E-state index is 0.227. The van der Waals surface area contributed by atoms with Crippen molar-refractivity contribution in [2.75, 3.05) is 24.7 Å². The maximum atomic E-state index is 11.6. The highest BCUT2D eigenvalue weighted by molar-refractivity contribution is 7.92. The van der Waals surface area contributed by atoms with Crippen LogP contribution in [0.1, 0.15) is 40.0 Å². The van der Waals surface area contributed by atoms with E-state index in [0.29, 0.717) is 18.3 Å². The molecule has 1 unspecified atom stereocenters. The molecule has 0 fully saturated rings. The molecule has 5 heteroatoms. The molecule has 0 spiro atoms. The van der Waals surface area contributed by atoms with Crippen molar-refractivity contribution in [1.29, 1.82) is 0 Å². The molecule has 0 aromatic heterocycles. The van der Waals surface area contributed by atoms with Crippen molar-refractivity contribution in [3.8, 4) is 0 Å². The van der Waals surface area contributed by atoms with E-state index in [1.807, 2.05) is 0 Å². The zero-order valence-corrected chi connectivity index (χ0v) is 12.8. The van der Waals surface area contributed by atoms with Crippen molar-refractivity contribution >= 4 is 21.4 Å². The van der Waals surface area contributed by atoms with Gasteiger partial charge in [0.2, 0.25) is 0 Å². The zero-order valence-electron chi connectivity index (χ0n) is 11.2. The number of rotatable bonds is 10. The van der Waals surface area contributed by atoms with Gasteiger partial charge in [-0.05, 0) is 39.2 Å². The lowest BCUT2D eigenvalue weighted by Crippen LogP contribution is -2.30. The van der Waals surface area contributed by atoms with Gasteiger partial charge in [-0.3, -0.25) is 0 Å². The molecule has 104 valence electrons. The van der Waals surface area contributed by atoms with Crippen LogP contribution in [-0.2, 0) is 9.84 Å². The quantitative estimate of drug-likeness (QED) is 0.495. The molecule has 0 aromatic carbocycles. The Morgan fingerprint density at radius 1 is 1.24 bits per heavy atom. The smallest absolute Gasteiger partial charge is 0.153 e. The first-order valence-electron chi connectivity index (χ1n) is 6.42. The van der Waals surface area contributed by atoms with Gasteiger partial charge in [0.25, 0.3) is 0 Å². The maximum absolute atomic E-state index is 11.6. The van der Waals surface area contributed by atoms with E-state index in [0.717, 1.165) is 25.8 Å². The molecule has 1 atom stereocenters. The van der Waals surface area contributed by atoms with Gasteiger partial charge in [-0.15, -0.1) is 11.6 Å². The van der Waals surface area contributed by atoms with Crippen LogP contribution >= 0.6 is 11.6 Å². The summed E-state index contributed by atoms with van der Waals surface area (Å²) in [6, 6.07) is 0. The van der Waals surface area contributed by atoms with Gasteiger partial charge in [0.05, 0.1) is 11.0 Å². The van der Waals surface area contributed by atoms with E-state index in [2.05, 4.69) is 12.2 Å². The first-order chi connectivity index (χ1) is 7.94. The summed E-state index contributed by atoms with van der Waals surface area (Å²) in [7, 11) is -2.91. The Hall–Kier alpha value is 0.200. The summed E-state index contributed by atoms with van der Waals surface area (Å²) in [6.07, 6.45) is 3.30. The number of nitrogens with one attached hydrogen (secondary N) is 1. The van der Waals surface area contributed by atoms with E-state index >= 15 is 0 Å². The second kappa shape index (κ2) is 9.17.